The molecule has 154 valence electrons. The number of amides is 1. The number of carboxylic acid groups (broad SMARTS) is 1. The summed E-state index contributed by atoms with van der Waals surface area (Å²) in [6.45, 7) is 1.45. The minimum absolute atomic E-state index is 0.175. The molecule has 2 aromatic rings. The molecule has 6 heteroatoms. The van der Waals surface area contributed by atoms with Crippen molar-refractivity contribution in [2.24, 2.45) is 5.92 Å². The lowest BCUT2D eigenvalue weighted by molar-refractivity contribution is -0.133. The molecular formula is C23H29N3O3. The molecular weight excluding hydrogens is 366 g/mol. The van der Waals surface area contributed by atoms with Crippen LogP contribution in [0.4, 0.5) is 0 Å². The Labute approximate surface area is 171 Å². The molecule has 1 aromatic carbocycles. The molecule has 0 unspecified atom stereocenters. The van der Waals surface area contributed by atoms with Crippen LogP contribution in [0.15, 0.2) is 42.7 Å². The number of hydrogen-bond acceptors (Lipinski definition) is 3. The van der Waals surface area contributed by atoms with Gasteiger partial charge >= 0.3 is 5.97 Å². The second-order valence-corrected chi connectivity index (χ2v) is 8.46. The second kappa shape index (κ2) is 8.80. The number of rotatable bonds is 5. The van der Waals surface area contributed by atoms with Crippen LogP contribution in [0.3, 0.4) is 0 Å². The molecule has 1 amide bonds. The predicted octanol–water partition coefficient (Wildman–Crippen LogP) is 4.11. The fourth-order valence-corrected chi connectivity index (χ4v) is 4.83. The number of carboxylic acids is 1. The van der Waals surface area contributed by atoms with E-state index in [1.165, 1.54) is 24.6 Å². The molecule has 1 aromatic heterocycles. The van der Waals surface area contributed by atoms with Gasteiger partial charge in [-0.25, -0.2) is 4.79 Å². The number of aromatic carboxylic acids is 1. The molecule has 1 aliphatic heterocycles. The van der Waals surface area contributed by atoms with E-state index in [-0.39, 0.29) is 17.5 Å². The van der Waals surface area contributed by atoms with Gasteiger partial charge < -0.3 is 10.0 Å². The summed E-state index contributed by atoms with van der Waals surface area (Å²) in [5.41, 5.74) is 1.65. The maximum atomic E-state index is 12.8. The highest BCUT2D eigenvalue weighted by atomic mass is 16.4. The minimum Gasteiger partial charge on any atom is -0.478 e. The lowest BCUT2D eigenvalue weighted by Gasteiger charge is -2.34. The van der Waals surface area contributed by atoms with E-state index in [0.717, 1.165) is 38.8 Å². The molecule has 0 atom stereocenters. The average molecular weight is 396 g/mol. The Morgan fingerprint density at radius 1 is 1.00 bits per heavy atom. The van der Waals surface area contributed by atoms with Gasteiger partial charge in [0.15, 0.2) is 0 Å². The van der Waals surface area contributed by atoms with Crippen molar-refractivity contribution >= 4 is 11.9 Å². The van der Waals surface area contributed by atoms with Crippen LogP contribution >= 0.6 is 0 Å². The van der Waals surface area contributed by atoms with Crippen LogP contribution in [0.5, 0.6) is 0 Å². The Balaban J connectivity index is 1.22. The highest BCUT2D eigenvalue weighted by Crippen LogP contribution is 2.37. The van der Waals surface area contributed by atoms with E-state index in [9.17, 15) is 9.59 Å². The van der Waals surface area contributed by atoms with Crippen LogP contribution in [-0.4, -0.2) is 44.8 Å². The average Bonchev–Trinajstić information content (AvgIpc) is 3.26. The Bertz CT molecular complexity index is 832. The fraction of sp³-hybridized carbons (Fsp3) is 0.522. The maximum absolute atomic E-state index is 12.8. The number of carbonyl (C=O) groups is 2. The van der Waals surface area contributed by atoms with E-state index in [0.29, 0.717) is 18.3 Å². The van der Waals surface area contributed by atoms with Crippen LogP contribution in [-0.2, 0) is 4.79 Å². The van der Waals surface area contributed by atoms with Crippen LogP contribution in [0, 0.1) is 5.92 Å². The van der Waals surface area contributed by atoms with Crippen molar-refractivity contribution in [3.63, 3.8) is 0 Å². The summed E-state index contributed by atoms with van der Waals surface area (Å²) < 4.78 is 1.75. The molecule has 29 heavy (non-hydrogen) atoms. The first kappa shape index (κ1) is 19.7. The Hall–Kier alpha value is -2.63. The van der Waals surface area contributed by atoms with Crippen molar-refractivity contribution in [1.82, 2.24) is 14.7 Å². The summed E-state index contributed by atoms with van der Waals surface area (Å²) in [6.07, 6.45) is 9.92. The van der Waals surface area contributed by atoms with Crippen molar-refractivity contribution < 1.29 is 14.7 Å². The largest absolute Gasteiger partial charge is 0.478 e. The van der Waals surface area contributed by atoms with Gasteiger partial charge in [0, 0.05) is 25.7 Å². The number of carbonyl (C=O) groups excluding carboxylic acids is 1. The van der Waals surface area contributed by atoms with E-state index in [4.69, 9.17) is 5.11 Å². The summed E-state index contributed by atoms with van der Waals surface area (Å²) in [5.74, 6) is 0.469. The van der Waals surface area contributed by atoms with Crippen LogP contribution < -0.4 is 0 Å². The summed E-state index contributed by atoms with van der Waals surface area (Å²) in [4.78, 5) is 25.8. The van der Waals surface area contributed by atoms with E-state index in [1.54, 1.807) is 10.9 Å². The van der Waals surface area contributed by atoms with Gasteiger partial charge in [0.1, 0.15) is 0 Å². The molecule has 6 nitrogen and oxygen atoms in total. The molecule has 1 saturated heterocycles. The molecule has 0 spiro atoms. The minimum atomic E-state index is -0.953. The number of nitrogens with zero attached hydrogens (tertiary/aromatic N) is 3. The standard InChI is InChI=1S/C23H29N3O3/c27-22(14-17-6-8-19(9-7-17)18-4-2-1-3-5-18)25-12-10-21(11-13-25)26-16-20(15-24-26)23(28)29/h1-5,15-17,19,21H,6-14H2,(H,28,29). The normalized spacial score (nSPS) is 23.1. The zero-order valence-corrected chi connectivity index (χ0v) is 16.7. The molecule has 4 rings (SSSR count). The van der Waals surface area contributed by atoms with Gasteiger partial charge in [-0.15, -0.1) is 0 Å². The summed E-state index contributed by atoms with van der Waals surface area (Å²) in [6, 6.07) is 10.9. The topological polar surface area (TPSA) is 75.4 Å². The quantitative estimate of drug-likeness (QED) is 0.827. The van der Waals surface area contributed by atoms with Crippen molar-refractivity contribution in [3.05, 3.63) is 53.9 Å². The number of likely N-dealkylation sites (tertiary alicyclic amines) is 1. The summed E-state index contributed by atoms with van der Waals surface area (Å²) in [5, 5.41) is 13.2. The number of aromatic nitrogens is 2. The summed E-state index contributed by atoms with van der Waals surface area (Å²) >= 11 is 0. The van der Waals surface area contributed by atoms with Crippen LogP contribution in [0.1, 0.15) is 72.8 Å². The third kappa shape index (κ3) is 4.69. The van der Waals surface area contributed by atoms with Crippen molar-refractivity contribution in [2.75, 3.05) is 13.1 Å². The zero-order chi connectivity index (χ0) is 20.2. The van der Waals surface area contributed by atoms with E-state index < -0.39 is 5.97 Å². The van der Waals surface area contributed by atoms with Gasteiger partial charge in [-0.2, -0.15) is 5.10 Å². The first-order chi connectivity index (χ1) is 14.1. The van der Waals surface area contributed by atoms with Gasteiger partial charge in [0.05, 0.1) is 17.8 Å². The SMILES string of the molecule is O=C(O)c1cnn(C2CCN(C(=O)CC3CCC(c4ccccc4)CC3)CC2)c1. The highest BCUT2D eigenvalue weighted by Gasteiger charge is 2.28. The van der Waals surface area contributed by atoms with Crippen molar-refractivity contribution in [3.8, 4) is 0 Å². The predicted molar refractivity (Wildman–Crippen MR) is 110 cm³/mol. The number of piperidine rings is 1. The Morgan fingerprint density at radius 3 is 2.31 bits per heavy atom. The fourth-order valence-electron chi connectivity index (χ4n) is 4.83. The third-order valence-electron chi connectivity index (χ3n) is 6.62. The lowest BCUT2D eigenvalue weighted by atomic mass is 9.77. The van der Waals surface area contributed by atoms with Crippen molar-refractivity contribution in [1.29, 1.82) is 0 Å². The number of benzene rings is 1. The van der Waals surface area contributed by atoms with E-state index >= 15 is 0 Å². The first-order valence-electron chi connectivity index (χ1n) is 10.7. The lowest BCUT2D eigenvalue weighted by Crippen LogP contribution is -2.40. The van der Waals surface area contributed by atoms with Gasteiger partial charge in [-0.1, -0.05) is 30.3 Å². The van der Waals surface area contributed by atoms with Crippen LogP contribution in [0.2, 0.25) is 0 Å². The monoisotopic (exact) mass is 395 g/mol. The van der Waals surface area contributed by atoms with Crippen molar-refractivity contribution in [2.45, 2.75) is 56.9 Å². The Kier molecular flexibility index (Phi) is 5.97. The molecule has 1 aliphatic carbocycles. The van der Waals surface area contributed by atoms with E-state index in [1.807, 2.05) is 4.90 Å². The molecule has 0 radical (unpaired) electrons. The zero-order valence-electron chi connectivity index (χ0n) is 16.7. The molecule has 0 bridgehead atoms. The van der Waals surface area contributed by atoms with Gasteiger partial charge in [-0.05, 0) is 55.9 Å². The molecule has 1 saturated carbocycles. The molecule has 1 N–H and O–H groups in total. The highest BCUT2D eigenvalue weighted by molar-refractivity contribution is 5.86. The smallest absolute Gasteiger partial charge is 0.338 e. The first-order valence-corrected chi connectivity index (χ1v) is 10.7. The molecule has 2 aliphatic rings. The Morgan fingerprint density at radius 2 is 1.69 bits per heavy atom. The molecule has 2 heterocycles. The van der Waals surface area contributed by atoms with Gasteiger partial charge in [-0.3, -0.25) is 9.48 Å². The van der Waals surface area contributed by atoms with Gasteiger partial charge in [0.25, 0.3) is 0 Å². The maximum Gasteiger partial charge on any atom is 0.338 e. The van der Waals surface area contributed by atoms with Gasteiger partial charge in [0.2, 0.25) is 5.91 Å². The molecule has 2 fully saturated rings. The second-order valence-electron chi connectivity index (χ2n) is 8.46. The number of hydrogen-bond donors (Lipinski definition) is 1. The van der Waals surface area contributed by atoms with Crippen LogP contribution in [0.25, 0.3) is 0 Å². The summed E-state index contributed by atoms with van der Waals surface area (Å²) in [7, 11) is 0. The van der Waals surface area contributed by atoms with E-state index in [2.05, 4.69) is 35.4 Å². The third-order valence-corrected chi connectivity index (χ3v) is 6.62.